The monoisotopic (exact) mass is 386 g/mol. The lowest BCUT2D eigenvalue weighted by Crippen LogP contribution is -2.37. The Kier molecular flexibility index (Phi) is 5.24. The van der Waals surface area contributed by atoms with Gasteiger partial charge in [-0.25, -0.2) is 8.78 Å². The zero-order chi connectivity index (χ0) is 20.2. The first-order valence-corrected chi connectivity index (χ1v) is 9.43. The Hall–Kier alpha value is -3.30. The first kappa shape index (κ1) is 19.0. The van der Waals surface area contributed by atoms with Gasteiger partial charge in [0.1, 0.15) is 0 Å². The smallest absolute Gasteiger partial charge is 0.264 e. The molecule has 0 saturated heterocycles. The lowest BCUT2D eigenvalue weighted by atomic mass is 9.95. The Morgan fingerprint density at radius 3 is 0.793 bits per heavy atom. The molecule has 4 rings (SSSR count). The van der Waals surface area contributed by atoms with E-state index in [-0.39, 0.29) is 22.3 Å². The topological polar surface area (TPSA) is 9.23 Å². The van der Waals surface area contributed by atoms with Gasteiger partial charge in [-0.2, -0.15) is 0 Å². The average Bonchev–Trinajstić information content (AvgIpc) is 2.81. The van der Waals surface area contributed by atoms with Gasteiger partial charge in [-0.15, -0.1) is 0 Å². The normalized spacial score (nSPS) is 11.9. The molecule has 0 saturated carbocycles. The first-order valence-electron chi connectivity index (χ1n) is 9.43. The van der Waals surface area contributed by atoms with Crippen molar-refractivity contribution in [2.24, 2.45) is 0 Å². The minimum atomic E-state index is -2.50. The second-order valence-electron chi connectivity index (χ2n) is 6.76. The summed E-state index contributed by atoms with van der Waals surface area (Å²) >= 11 is 0. The van der Waals surface area contributed by atoms with Crippen molar-refractivity contribution in [2.45, 2.75) is 11.7 Å². The highest BCUT2D eigenvalue weighted by atomic mass is 19.2. The maximum atomic E-state index is 16.7. The van der Waals surface area contributed by atoms with Crippen molar-refractivity contribution in [3.8, 4) is 0 Å². The molecule has 0 aliphatic heterocycles. The summed E-state index contributed by atoms with van der Waals surface area (Å²) in [7, 11) is 0. The molecular formula is C26H20F2O. The van der Waals surface area contributed by atoms with Gasteiger partial charge in [0, 0.05) is 22.3 Å². The number of halogens is 2. The van der Waals surface area contributed by atoms with E-state index in [4.69, 9.17) is 4.74 Å². The van der Waals surface area contributed by atoms with Crippen LogP contribution in [0.25, 0.3) is 0 Å². The van der Waals surface area contributed by atoms with Crippen LogP contribution < -0.4 is 0 Å². The fourth-order valence-electron chi connectivity index (χ4n) is 3.37. The van der Waals surface area contributed by atoms with Crippen molar-refractivity contribution in [3.05, 3.63) is 144 Å². The van der Waals surface area contributed by atoms with Crippen LogP contribution in [0.3, 0.4) is 0 Å². The number of hydrogen-bond donors (Lipinski definition) is 0. The molecule has 0 atom stereocenters. The SMILES string of the molecule is FC(OC(F)(c1ccccc1)c1ccccc1)(c1ccccc1)c1ccccc1. The van der Waals surface area contributed by atoms with E-state index in [0.29, 0.717) is 0 Å². The van der Waals surface area contributed by atoms with E-state index in [2.05, 4.69) is 0 Å². The molecule has 0 aliphatic carbocycles. The highest BCUT2D eigenvalue weighted by molar-refractivity contribution is 5.38. The predicted octanol–water partition coefficient (Wildman–Crippen LogP) is 6.74. The van der Waals surface area contributed by atoms with Gasteiger partial charge in [-0.3, -0.25) is 4.74 Å². The molecule has 0 spiro atoms. The molecule has 0 amide bonds. The summed E-state index contributed by atoms with van der Waals surface area (Å²) in [6.07, 6.45) is 0. The molecule has 3 heteroatoms. The molecule has 0 aliphatic rings. The summed E-state index contributed by atoms with van der Waals surface area (Å²) in [6, 6.07) is 33.6. The van der Waals surface area contributed by atoms with E-state index >= 15 is 8.78 Å². The van der Waals surface area contributed by atoms with Crippen LogP contribution in [0.2, 0.25) is 0 Å². The lowest BCUT2D eigenvalue weighted by Gasteiger charge is -2.36. The highest BCUT2D eigenvalue weighted by Crippen LogP contribution is 2.46. The second kappa shape index (κ2) is 7.98. The summed E-state index contributed by atoms with van der Waals surface area (Å²) in [5, 5.41) is 0. The van der Waals surface area contributed by atoms with Crippen LogP contribution >= 0.6 is 0 Å². The number of ether oxygens (including phenoxy) is 1. The van der Waals surface area contributed by atoms with Crippen LogP contribution in [0.5, 0.6) is 0 Å². The van der Waals surface area contributed by atoms with E-state index in [1.807, 2.05) is 0 Å². The van der Waals surface area contributed by atoms with E-state index in [1.54, 1.807) is 121 Å². The summed E-state index contributed by atoms with van der Waals surface area (Å²) in [5.74, 6) is -4.99. The van der Waals surface area contributed by atoms with Crippen LogP contribution in [0.1, 0.15) is 22.3 Å². The summed E-state index contributed by atoms with van der Waals surface area (Å²) in [6.45, 7) is 0. The number of hydrogen-bond acceptors (Lipinski definition) is 1. The van der Waals surface area contributed by atoms with Crippen LogP contribution in [0.15, 0.2) is 121 Å². The third-order valence-electron chi connectivity index (χ3n) is 4.86. The Morgan fingerprint density at radius 1 is 0.379 bits per heavy atom. The van der Waals surface area contributed by atoms with Crippen molar-refractivity contribution < 1.29 is 13.5 Å². The Bertz CT molecular complexity index is 869. The molecule has 1 nitrogen and oxygen atoms in total. The fraction of sp³-hybridized carbons (Fsp3) is 0.0769. The Labute approximate surface area is 169 Å². The number of benzene rings is 4. The molecule has 0 radical (unpaired) electrons. The van der Waals surface area contributed by atoms with E-state index in [0.717, 1.165) is 0 Å². The number of rotatable bonds is 6. The molecular weight excluding hydrogens is 366 g/mol. The molecule has 0 heterocycles. The van der Waals surface area contributed by atoms with Crippen molar-refractivity contribution in [3.63, 3.8) is 0 Å². The van der Waals surface area contributed by atoms with Crippen molar-refractivity contribution >= 4 is 0 Å². The largest absolute Gasteiger partial charge is 0.293 e. The summed E-state index contributed by atoms with van der Waals surface area (Å²) in [5.41, 5.74) is 0.889. The van der Waals surface area contributed by atoms with Gasteiger partial charge in [0.05, 0.1) is 0 Å². The standard InChI is InChI=1S/C26H20F2O/c27-25(21-13-5-1-6-14-21,22-15-7-2-8-16-22)29-26(28,23-17-9-3-10-18-23)24-19-11-4-12-20-24/h1-20H. The summed E-state index contributed by atoms with van der Waals surface area (Å²) < 4.78 is 39.2. The molecule has 29 heavy (non-hydrogen) atoms. The molecule has 0 unspecified atom stereocenters. The third kappa shape index (κ3) is 3.69. The third-order valence-corrected chi connectivity index (χ3v) is 4.86. The maximum Gasteiger partial charge on any atom is 0.264 e. The summed E-state index contributed by atoms with van der Waals surface area (Å²) in [4.78, 5) is 0. The van der Waals surface area contributed by atoms with Gasteiger partial charge >= 0.3 is 0 Å². The average molecular weight is 386 g/mol. The van der Waals surface area contributed by atoms with E-state index < -0.39 is 11.7 Å². The van der Waals surface area contributed by atoms with Gasteiger partial charge in [0.25, 0.3) is 11.7 Å². The second-order valence-corrected chi connectivity index (χ2v) is 6.76. The van der Waals surface area contributed by atoms with Crippen molar-refractivity contribution in [1.82, 2.24) is 0 Å². The quantitative estimate of drug-likeness (QED) is 0.356. The van der Waals surface area contributed by atoms with Crippen LogP contribution in [-0.2, 0) is 16.4 Å². The predicted molar refractivity (Wildman–Crippen MR) is 111 cm³/mol. The molecule has 0 aromatic heterocycles. The van der Waals surface area contributed by atoms with Gasteiger partial charge in [0.2, 0.25) is 0 Å². The Balaban J connectivity index is 1.91. The minimum Gasteiger partial charge on any atom is -0.293 e. The van der Waals surface area contributed by atoms with Gasteiger partial charge in [-0.05, 0) is 0 Å². The maximum absolute atomic E-state index is 16.7. The van der Waals surface area contributed by atoms with E-state index in [1.165, 1.54) is 0 Å². The molecule has 144 valence electrons. The molecule has 4 aromatic rings. The van der Waals surface area contributed by atoms with Gasteiger partial charge in [-0.1, -0.05) is 121 Å². The van der Waals surface area contributed by atoms with Crippen LogP contribution in [0.4, 0.5) is 8.78 Å². The molecule has 4 aromatic carbocycles. The zero-order valence-corrected chi connectivity index (χ0v) is 15.7. The molecule has 0 fully saturated rings. The number of alkyl halides is 2. The van der Waals surface area contributed by atoms with Crippen LogP contribution in [0, 0.1) is 0 Å². The van der Waals surface area contributed by atoms with Crippen LogP contribution in [-0.4, -0.2) is 0 Å². The Morgan fingerprint density at radius 2 is 0.586 bits per heavy atom. The highest BCUT2D eigenvalue weighted by Gasteiger charge is 2.47. The lowest BCUT2D eigenvalue weighted by molar-refractivity contribution is -0.249. The molecule has 0 N–H and O–H groups in total. The minimum absolute atomic E-state index is 0.222. The van der Waals surface area contributed by atoms with Gasteiger partial charge < -0.3 is 0 Å². The first-order chi connectivity index (χ1) is 14.1. The van der Waals surface area contributed by atoms with E-state index in [9.17, 15) is 0 Å². The molecule has 0 bridgehead atoms. The van der Waals surface area contributed by atoms with Crippen molar-refractivity contribution in [1.29, 1.82) is 0 Å². The fourth-order valence-corrected chi connectivity index (χ4v) is 3.37. The van der Waals surface area contributed by atoms with Gasteiger partial charge in [0.15, 0.2) is 0 Å². The zero-order valence-electron chi connectivity index (χ0n) is 15.7. The van der Waals surface area contributed by atoms with Crippen molar-refractivity contribution in [2.75, 3.05) is 0 Å².